The summed E-state index contributed by atoms with van der Waals surface area (Å²) in [6.45, 7) is 1.83. The van der Waals surface area contributed by atoms with Gasteiger partial charge in [-0.1, -0.05) is 0 Å². The van der Waals surface area contributed by atoms with Gasteiger partial charge in [-0.25, -0.2) is 15.0 Å². The zero-order valence-corrected chi connectivity index (χ0v) is 14.0. The van der Waals surface area contributed by atoms with Crippen molar-refractivity contribution in [3.63, 3.8) is 0 Å². The predicted octanol–water partition coefficient (Wildman–Crippen LogP) is 3.07. The molecule has 9 heteroatoms. The van der Waals surface area contributed by atoms with Crippen molar-refractivity contribution in [1.29, 1.82) is 0 Å². The zero-order chi connectivity index (χ0) is 18.1. The van der Waals surface area contributed by atoms with Crippen LogP contribution in [0.5, 0.6) is 5.88 Å². The summed E-state index contributed by atoms with van der Waals surface area (Å²) in [5.41, 5.74) is -0.837. The Labute approximate surface area is 148 Å². The third-order valence-corrected chi connectivity index (χ3v) is 4.59. The quantitative estimate of drug-likeness (QED) is 0.811. The minimum Gasteiger partial charge on any atom is -0.477 e. The van der Waals surface area contributed by atoms with Gasteiger partial charge >= 0.3 is 6.18 Å². The third-order valence-electron chi connectivity index (χ3n) is 4.59. The molecule has 138 valence electrons. The van der Waals surface area contributed by atoms with Crippen LogP contribution in [-0.2, 0) is 6.18 Å². The molecule has 0 radical (unpaired) electrons. The van der Waals surface area contributed by atoms with E-state index in [1.807, 2.05) is 4.90 Å². The second kappa shape index (κ2) is 6.69. The summed E-state index contributed by atoms with van der Waals surface area (Å²) in [7, 11) is 0. The Hall–Kier alpha value is -2.45. The van der Waals surface area contributed by atoms with E-state index in [2.05, 4.69) is 19.9 Å². The molecule has 0 aromatic carbocycles. The van der Waals surface area contributed by atoms with Gasteiger partial charge in [0.05, 0.1) is 12.2 Å². The molecule has 2 aromatic heterocycles. The molecule has 3 heterocycles. The van der Waals surface area contributed by atoms with Crippen molar-refractivity contribution in [3.8, 4) is 5.88 Å². The summed E-state index contributed by atoms with van der Waals surface area (Å²) in [4.78, 5) is 18.3. The van der Waals surface area contributed by atoms with Crippen molar-refractivity contribution < 1.29 is 17.9 Å². The molecule has 0 bridgehead atoms. The Morgan fingerprint density at radius 3 is 2.58 bits per heavy atom. The monoisotopic (exact) mass is 365 g/mol. The number of rotatable bonds is 5. The molecule has 1 atom stereocenters. The van der Waals surface area contributed by atoms with E-state index in [4.69, 9.17) is 4.74 Å². The Morgan fingerprint density at radius 1 is 1.12 bits per heavy atom. The van der Waals surface area contributed by atoms with E-state index in [9.17, 15) is 13.2 Å². The second-order valence-corrected chi connectivity index (χ2v) is 6.71. The molecule has 0 amide bonds. The van der Waals surface area contributed by atoms with E-state index in [1.54, 1.807) is 12.3 Å². The van der Waals surface area contributed by atoms with Crippen LogP contribution >= 0.6 is 0 Å². The molecule has 2 fully saturated rings. The standard InChI is InChI=1S/C17H18F3N5O/c18-17(19,20)13-7-22-16(23-8-13)25-6-4-11(9-25)10-26-14-3-5-21-15(24-14)12-1-2-12/h3,5,7-8,11-12H,1-2,4,6,9-10H2/t11-/m1/s1. The maximum atomic E-state index is 12.6. The van der Waals surface area contributed by atoms with Crippen LogP contribution < -0.4 is 9.64 Å². The summed E-state index contributed by atoms with van der Waals surface area (Å²) in [5, 5.41) is 0. The number of anilines is 1. The van der Waals surface area contributed by atoms with Gasteiger partial charge in [0.1, 0.15) is 5.82 Å². The Morgan fingerprint density at radius 2 is 1.88 bits per heavy atom. The molecule has 4 rings (SSSR count). The zero-order valence-electron chi connectivity index (χ0n) is 14.0. The normalized spacial score (nSPS) is 20.4. The van der Waals surface area contributed by atoms with E-state index in [1.165, 1.54) is 0 Å². The van der Waals surface area contributed by atoms with E-state index in [0.717, 1.165) is 37.5 Å². The highest BCUT2D eigenvalue weighted by molar-refractivity contribution is 5.32. The predicted molar refractivity (Wildman–Crippen MR) is 86.9 cm³/mol. The molecule has 1 saturated heterocycles. The highest BCUT2D eigenvalue weighted by atomic mass is 19.4. The summed E-state index contributed by atoms with van der Waals surface area (Å²) in [5.74, 6) is 2.45. The van der Waals surface area contributed by atoms with Gasteiger partial charge < -0.3 is 9.64 Å². The van der Waals surface area contributed by atoms with E-state index in [0.29, 0.717) is 37.4 Å². The summed E-state index contributed by atoms with van der Waals surface area (Å²) in [6.07, 6.45) is 2.08. The number of hydrogen-bond donors (Lipinski definition) is 0. The number of hydrogen-bond acceptors (Lipinski definition) is 6. The number of ether oxygens (including phenoxy) is 1. The SMILES string of the molecule is FC(F)(F)c1cnc(N2CC[C@@H](COc3ccnc(C4CC4)n3)C2)nc1. The first-order valence-corrected chi connectivity index (χ1v) is 8.59. The fourth-order valence-corrected chi connectivity index (χ4v) is 2.96. The minimum atomic E-state index is -4.42. The summed E-state index contributed by atoms with van der Waals surface area (Å²) < 4.78 is 43.5. The van der Waals surface area contributed by atoms with E-state index >= 15 is 0 Å². The smallest absolute Gasteiger partial charge is 0.419 e. The van der Waals surface area contributed by atoms with Gasteiger partial charge in [-0.15, -0.1) is 0 Å². The molecule has 2 aromatic rings. The van der Waals surface area contributed by atoms with Crippen molar-refractivity contribution in [2.24, 2.45) is 5.92 Å². The number of aromatic nitrogens is 4. The van der Waals surface area contributed by atoms with Crippen LogP contribution in [0.3, 0.4) is 0 Å². The fraction of sp³-hybridized carbons (Fsp3) is 0.529. The molecule has 0 unspecified atom stereocenters. The van der Waals surface area contributed by atoms with Gasteiger partial charge in [0.2, 0.25) is 11.8 Å². The van der Waals surface area contributed by atoms with Crippen LogP contribution in [0.15, 0.2) is 24.7 Å². The summed E-state index contributed by atoms with van der Waals surface area (Å²) in [6, 6.07) is 1.75. The highest BCUT2D eigenvalue weighted by Crippen LogP contribution is 2.38. The van der Waals surface area contributed by atoms with Gasteiger partial charge in [0.15, 0.2) is 0 Å². The molecule has 1 aliphatic heterocycles. The van der Waals surface area contributed by atoms with E-state index in [-0.39, 0.29) is 5.92 Å². The lowest BCUT2D eigenvalue weighted by atomic mass is 10.1. The van der Waals surface area contributed by atoms with Crippen LogP contribution in [0.4, 0.5) is 19.1 Å². The maximum absolute atomic E-state index is 12.6. The average molecular weight is 365 g/mol. The van der Waals surface area contributed by atoms with Gasteiger partial charge in [-0.2, -0.15) is 18.2 Å². The molecule has 1 aliphatic carbocycles. The molecular formula is C17H18F3N5O. The lowest BCUT2D eigenvalue weighted by molar-refractivity contribution is -0.138. The van der Waals surface area contributed by atoms with Gasteiger partial charge in [0, 0.05) is 49.6 Å². The first-order valence-electron chi connectivity index (χ1n) is 8.59. The molecule has 0 N–H and O–H groups in total. The number of halogens is 3. The largest absolute Gasteiger partial charge is 0.477 e. The lowest BCUT2D eigenvalue weighted by Gasteiger charge is -2.17. The number of nitrogens with zero attached hydrogens (tertiary/aromatic N) is 5. The topological polar surface area (TPSA) is 64.0 Å². The Kier molecular flexibility index (Phi) is 4.37. The van der Waals surface area contributed by atoms with Crippen molar-refractivity contribution in [1.82, 2.24) is 19.9 Å². The molecule has 0 spiro atoms. The minimum absolute atomic E-state index is 0.250. The highest BCUT2D eigenvalue weighted by Gasteiger charge is 2.32. The Balaban J connectivity index is 1.31. The van der Waals surface area contributed by atoms with Crippen molar-refractivity contribution in [2.75, 3.05) is 24.6 Å². The van der Waals surface area contributed by atoms with Crippen molar-refractivity contribution in [3.05, 3.63) is 36.0 Å². The first kappa shape index (κ1) is 17.0. The fourth-order valence-electron chi connectivity index (χ4n) is 2.96. The van der Waals surface area contributed by atoms with E-state index < -0.39 is 11.7 Å². The molecular weight excluding hydrogens is 347 g/mol. The maximum Gasteiger partial charge on any atom is 0.419 e. The molecule has 1 saturated carbocycles. The number of alkyl halides is 3. The third kappa shape index (κ3) is 3.86. The molecule has 26 heavy (non-hydrogen) atoms. The summed E-state index contributed by atoms with van der Waals surface area (Å²) >= 11 is 0. The van der Waals surface area contributed by atoms with Crippen LogP contribution in [0, 0.1) is 5.92 Å². The van der Waals surface area contributed by atoms with Crippen molar-refractivity contribution >= 4 is 5.95 Å². The van der Waals surface area contributed by atoms with Gasteiger partial charge in [-0.3, -0.25) is 0 Å². The van der Waals surface area contributed by atoms with Crippen molar-refractivity contribution in [2.45, 2.75) is 31.4 Å². The average Bonchev–Trinajstić information content (AvgIpc) is 3.38. The van der Waals surface area contributed by atoms with Gasteiger partial charge in [-0.05, 0) is 19.3 Å². The lowest BCUT2D eigenvalue weighted by Crippen LogP contribution is -2.24. The first-order chi connectivity index (χ1) is 12.5. The molecule has 6 nitrogen and oxygen atoms in total. The van der Waals surface area contributed by atoms with Crippen LogP contribution in [-0.4, -0.2) is 39.6 Å². The Bertz CT molecular complexity index is 764. The molecule has 2 aliphatic rings. The van der Waals surface area contributed by atoms with Crippen LogP contribution in [0.2, 0.25) is 0 Å². The van der Waals surface area contributed by atoms with Crippen LogP contribution in [0.25, 0.3) is 0 Å². The second-order valence-electron chi connectivity index (χ2n) is 6.71. The van der Waals surface area contributed by atoms with Gasteiger partial charge in [0.25, 0.3) is 0 Å². The van der Waals surface area contributed by atoms with Crippen LogP contribution in [0.1, 0.15) is 36.6 Å².